The average molecular weight is 356 g/mol. The van der Waals surface area contributed by atoms with E-state index < -0.39 is 48.6 Å². The van der Waals surface area contributed by atoms with E-state index in [0.717, 1.165) is 0 Å². The Labute approximate surface area is 102 Å². The molecule has 0 aliphatic rings. The molecule has 0 aliphatic heterocycles. The van der Waals surface area contributed by atoms with Crippen LogP contribution in [0.1, 0.15) is 11.0 Å². The molecule has 0 saturated carbocycles. The molecular formula is C10H8IrN2. The first kappa shape index (κ1) is 3.60. The number of aromatic nitrogens is 2. The Balaban J connectivity index is 0.00000220. The first-order chi connectivity index (χ1) is 9.25. The number of pyridine rings is 2. The van der Waals surface area contributed by atoms with Crippen LogP contribution in [0.5, 0.6) is 0 Å². The fourth-order valence-electron chi connectivity index (χ4n) is 0.685. The maximum absolute atomic E-state index is 7.72. The number of nitrogens with zero attached hydrogens (tertiary/aromatic N) is 2. The summed E-state index contributed by atoms with van der Waals surface area (Å²) < 4.78 is 60.2. The molecule has 2 aromatic heterocycles. The molecule has 0 atom stereocenters. The summed E-state index contributed by atoms with van der Waals surface area (Å²) in [5.41, 5.74) is -0.606. The SMILES string of the molecule is [2H]c1nc(-c2nc([2H])c([2H])c([2H])c2[2H])c([2H])c([2H])c1[2H].[Ir]. The Morgan fingerprint density at radius 3 is 1.77 bits per heavy atom. The third-order valence-electron chi connectivity index (χ3n) is 1.16. The minimum atomic E-state index is -0.546. The van der Waals surface area contributed by atoms with E-state index in [9.17, 15) is 0 Å². The van der Waals surface area contributed by atoms with Gasteiger partial charge in [-0.15, -0.1) is 0 Å². The van der Waals surface area contributed by atoms with Crippen LogP contribution >= 0.6 is 0 Å². The maximum Gasteiger partial charge on any atom is 0.0886 e. The molecule has 0 unspecified atom stereocenters. The maximum atomic E-state index is 7.72. The van der Waals surface area contributed by atoms with Gasteiger partial charge in [-0.2, -0.15) is 0 Å². The van der Waals surface area contributed by atoms with Crippen LogP contribution in [-0.2, 0) is 20.1 Å². The molecule has 0 fully saturated rings. The Bertz CT molecular complexity index is 660. The fourth-order valence-corrected chi connectivity index (χ4v) is 0.685. The third-order valence-corrected chi connectivity index (χ3v) is 1.16. The molecule has 0 saturated heterocycles. The van der Waals surface area contributed by atoms with Gasteiger partial charge in [0.15, 0.2) is 0 Å². The van der Waals surface area contributed by atoms with Gasteiger partial charge in [-0.1, -0.05) is 12.1 Å². The van der Waals surface area contributed by atoms with Crippen molar-refractivity contribution in [3.63, 3.8) is 0 Å². The zero-order valence-electron chi connectivity index (χ0n) is 14.2. The van der Waals surface area contributed by atoms with Gasteiger partial charge in [-0.25, -0.2) is 0 Å². The summed E-state index contributed by atoms with van der Waals surface area (Å²) in [4.78, 5) is 7.27. The van der Waals surface area contributed by atoms with Crippen molar-refractivity contribution in [1.29, 1.82) is 0 Å². The van der Waals surface area contributed by atoms with E-state index in [0.29, 0.717) is 0 Å². The van der Waals surface area contributed by atoms with E-state index in [1.807, 2.05) is 0 Å². The first-order valence-corrected chi connectivity index (χ1v) is 3.14. The molecule has 13 heavy (non-hydrogen) atoms. The minimum absolute atomic E-state index is 0. The molecular weight excluding hydrogens is 340 g/mol. The molecule has 0 aromatic carbocycles. The van der Waals surface area contributed by atoms with Gasteiger partial charge < -0.3 is 0 Å². The van der Waals surface area contributed by atoms with Crippen molar-refractivity contribution in [2.45, 2.75) is 0 Å². The molecule has 2 aromatic rings. The van der Waals surface area contributed by atoms with Gasteiger partial charge in [0.05, 0.1) is 22.4 Å². The van der Waals surface area contributed by atoms with E-state index in [2.05, 4.69) is 9.97 Å². The van der Waals surface area contributed by atoms with E-state index >= 15 is 0 Å². The molecule has 0 aliphatic carbocycles. The smallest absolute Gasteiger partial charge is 0.0886 e. The Kier molecular flexibility index (Phi) is 1.34. The average Bonchev–Trinajstić information content (AvgIpc) is 2.42. The van der Waals surface area contributed by atoms with E-state index in [1.165, 1.54) is 0 Å². The molecule has 0 N–H and O–H groups in total. The van der Waals surface area contributed by atoms with Crippen molar-refractivity contribution >= 4 is 0 Å². The molecule has 2 heterocycles. The summed E-state index contributed by atoms with van der Waals surface area (Å²) in [5.74, 6) is 0. The van der Waals surface area contributed by atoms with Crippen LogP contribution in [0.4, 0.5) is 0 Å². The second-order valence-corrected chi connectivity index (χ2v) is 1.89. The van der Waals surface area contributed by atoms with Crippen LogP contribution in [0.2, 0.25) is 0 Å². The molecule has 0 bridgehead atoms. The van der Waals surface area contributed by atoms with Gasteiger partial charge in [-0.3, -0.25) is 9.97 Å². The van der Waals surface area contributed by atoms with Crippen LogP contribution in [0.15, 0.2) is 48.6 Å². The van der Waals surface area contributed by atoms with Crippen molar-refractivity contribution in [3.05, 3.63) is 48.6 Å². The van der Waals surface area contributed by atoms with Crippen molar-refractivity contribution < 1.29 is 31.1 Å². The molecule has 2 rings (SSSR count). The predicted molar refractivity (Wildman–Crippen MR) is 47.5 cm³/mol. The molecule has 2 nitrogen and oxygen atoms in total. The minimum Gasteiger partial charge on any atom is -0.255 e. The van der Waals surface area contributed by atoms with Crippen LogP contribution in [0.3, 0.4) is 0 Å². The normalized spacial score (nSPS) is 17.5. The van der Waals surface area contributed by atoms with Gasteiger partial charge in [0.1, 0.15) is 0 Å². The summed E-state index contributed by atoms with van der Waals surface area (Å²) in [6.07, 6.45) is -1.09. The summed E-state index contributed by atoms with van der Waals surface area (Å²) >= 11 is 0. The van der Waals surface area contributed by atoms with Crippen molar-refractivity contribution in [1.82, 2.24) is 9.97 Å². The van der Waals surface area contributed by atoms with E-state index in [1.54, 1.807) is 0 Å². The standard InChI is InChI=1S/C10H8N2.Ir/c1-3-7-11-9(5-1)10-6-2-4-8-12-10;/h1-8H;/i1D,2D,3D,4D,5D,6D,7D,8D;. The fraction of sp³-hybridized carbons (Fsp3) is 0. The van der Waals surface area contributed by atoms with Crippen LogP contribution in [-0.4, -0.2) is 9.97 Å². The topological polar surface area (TPSA) is 25.8 Å². The monoisotopic (exact) mass is 357 g/mol. The second kappa shape index (κ2) is 4.85. The Hall–Kier alpha value is -1.05. The second-order valence-electron chi connectivity index (χ2n) is 1.89. The van der Waals surface area contributed by atoms with Gasteiger partial charge in [-0.05, 0) is 24.2 Å². The Morgan fingerprint density at radius 1 is 0.846 bits per heavy atom. The molecule has 0 amide bonds. The summed E-state index contributed by atoms with van der Waals surface area (Å²) in [7, 11) is 0. The number of hydrogen-bond acceptors (Lipinski definition) is 2. The molecule has 67 valence electrons. The Morgan fingerprint density at radius 2 is 1.31 bits per heavy atom. The molecule has 1 radical (unpaired) electrons. The van der Waals surface area contributed by atoms with Gasteiger partial charge >= 0.3 is 0 Å². The van der Waals surface area contributed by atoms with Crippen molar-refractivity contribution in [2.75, 3.05) is 0 Å². The van der Waals surface area contributed by atoms with E-state index in [4.69, 9.17) is 11.0 Å². The molecule has 3 heteroatoms. The summed E-state index contributed by atoms with van der Waals surface area (Å²) in [6, 6.07) is -3.09. The van der Waals surface area contributed by atoms with Gasteiger partial charge in [0.2, 0.25) is 0 Å². The van der Waals surface area contributed by atoms with Gasteiger partial charge in [0.25, 0.3) is 0 Å². The van der Waals surface area contributed by atoms with Crippen molar-refractivity contribution in [2.24, 2.45) is 0 Å². The van der Waals surface area contributed by atoms with Crippen LogP contribution < -0.4 is 0 Å². The summed E-state index contributed by atoms with van der Waals surface area (Å²) in [5, 5.41) is 0. The van der Waals surface area contributed by atoms with Crippen molar-refractivity contribution in [3.8, 4) is 11.4 Å². The zero-order chi connectivity index (χ0) is 15.2. The van der Waals surface area contributed by atoms with E-state index in [-0.39, 0.29) is 31.5 Å². The first-order valence-electron chi connectivity index (χ1n) is 7.14. The number of rotatable bonds is 1. The number of hydrogen-bond donors (Lipinski definition) is 0. The third kappa shape index (κ3) is 2.44. The van der Waals surface area contributed by atoms with Crippen LogP contribution in [0, 0.1) is 0 Å². The largest absolute Gasteiger partial charge is 0.255 e. The predicted octanol–water partition coefficient (Wildman–Crippen LogP) is 2.14. The summed E-state index contributed by atoms with van der Waals surface area (Å²) in [6.45, 7) is 0. The van der Waals surface area contributed by atoms with Gasteiger partial charge in [0, 0.05) is 32.5 Å². The van der Waals surface area contributed by atoms with Crippen LogP contribution in [0.25, 0.3) is 11.4 Å². The quantitative estimate of drug-likeness (QED) is 0.782. The molecule has 0 spiro atoms. The zero-order valence-corrected chi connectivity index (χ0v) is 8.62.